The quantitative estimate of drug-likeness (QED) is 0.683. The monoisotopic (exact) mass is 397 g/mol. The van der Waals surface area contributed by atoms with Gasteiger partial charge in [-0.1, -0.05) is 19.9 Å². The summed E-state index contributed by atoms with van der Waals surface area (Å²) < 4.78 is 11.6. The van der Waals surface area contributed by atoms with Gasteiger partial charge < -0.3 is 19.2 Å². The highest BCUT2D eigenvalue weighted by molar-refractivity contribution is 5.96. The summed E-state index contributed by atoms with van der Waals surface area (Å²) in [7, 11) is 0. The average Bonchev–Trinajstić information content (AvgIpc) is 3.08. The fourth-order valence-corrected chi connectivity index (χ4v) is 3.90. The number of furan rings is 1. The molecule has 0 fully saturated rings. The van der Waals surface area contributed by atoms with Crippen molar-refractivity contribution in [3.63, 3.8) is 0 Å². The van der Waals surface area contributed by atoms with Gasteiger partial charge >= 0.3 is 0 Å². The van der Waals surface area contributed by atoms with E-state index < -0.39 is 0 Å². The number of hydrogen-bond donors (Lipinski definition) is 1. The van der Waals surface area contributed by atoms with Crippen LogP contribution in [0.2, 0.25) is 0 Å². The van der Waals surface area contributed by atoms with Crippen LogP contribution in [0, 0.1) is 5.41 Å². The molecule has 1 aromatic heterocycles. The van der Waals surface area contributed by atoms with Crippen molar-refractivity contribution in [3.8, 4) is 0 Å². The number of ketones is 1. The third kappa shape index (κ3) is 4.91. The van der Waals surface area contributed by atoms with Crippen molar-refractivity contribution in [1.29, 1.82) is 0 Å². The van der Waals surface area contributed by atoms with E-state index in [0.717, 1.165) is 47.5 Å². The van der Waals surface area contributed by atoms with E-state index in [1.807, 2.05) is 18.2 Å². The molecule has 1 N–H and O–H groups in total. The summed E-state index contributed by atoms with van der Waals surface area (Å²) in [5.41, 5.74) is 2.73. The van der Waals surface area contributed by atoms with E-state index in [0.29, 0.717) is 12.2 Å². The van der Waals surface area contributed by atoms with Crippen molar-refractivity contribution >= 4 is 28.5 Å². The Morgan fingerprint density at radius 3 is 2.62 bits per heavy atom. The van der Waals surface area contributed by atoms with Crippen molar-refractivity contribution in [2.24, 2.45) is 5.41 Å². The summed E-state index contributed by atoms with van der Waals surface area (Å²) in [4.78, 5) is 14.8. The molecule has 5 nitrogen and oxygen atoms in total. The van der Waals surface area contributed by atoms with Gasteiger partial charge in [-0.05, 0) is 55.5 Å². The maximum Gasteiger partial charge on any atom is 0.198 e. The van der Waals surface area contributed by atoms with Crippen LogP contribution in [0.15, 0.2) is 46.1 Å². The SMILES string of the molecule is CCN(CC)c1ccc2cc(/C=C/C3=C(OCCO)C(=O)CC(C)(C)C3)oc2c1. The molecule has 0 radical (unpaired) electrons. The number of ether oxygens (including phenoxy) is 1. The predicted molar refractivity (Wildman–Crippen MR) is 117 cm³/mol. The first-order valence-electron chi connectivity index (χ1n) is 10.3. The molecule has 0 aliphatic heterocycles. The highest BCUT2D eigenvalue weighted by atomic mass is 16.5. The molecule has 29 heavy (non-hydrogen) atoms. The molecule has 0 unspecified atom stereocenters. The number of nitrogens with zero attached hydrogens (tertiary/aromatic N) is 1. The second-order valence-corrected chi connectivity index (χ2v) is 8.24. The standard InChI is InChI=1S/C24H31NO4/c1-5-25(6-2)19-9-7-17-13-20(29-22(17)14-19)10-8-18-15-24(3,4)16-21(27)23(18)28-12-11-26/h7-10,13-14,26H,5-6,11-12,15-16H2,1-4H3/b10-8+. The summed E-state index contributed by atoms with van der Waals surface area (Å²) in [6, 6.07) is 8.26. The molecule has 3 rings (SSSR count). The lowest BCUT2D eigenvalue weighted by Gasteiger charge is -2.30. The molecular weight excluding hydrogens is 366 g/mol. The molecule has 0 amide bonds. The topological polar surface area (TPSA) is 62.9 Å². The molecule has 2 aromatic rings. The fourth-order valence-electron chi connectivity index (χ4n) is 3.90. The lowest BCUT2D eigenvalue weighted by atomic mass is 9.76. The van der Waals surface area contributed by atoms with Crippen LogP contribution in [0.25, 0.3) is 17.0 Å². The summed E-state index contributed by atoms with van der Waals surface area (Å²) in [6.45, 7) is 10.3. The zero-order valence-corrected chi connectivity index (χ0v) is 17.8. The smallest absolute Gasteiger partial charge is 0.198 e. The number of rotatable bonds is 8. The molecule has 1 aliphatic rings. The van der Waals surface area contributed by atoms with Crippen LogP contribution in [0.5, 0.6) is 0 Å². The molecule has 1 aromatic carbocycles. The van der Waals surface area contributed by atoms with E-state index in [9.17, 15) is 4.79 Å². The van der Waals surface area contributed by atoms with Gasteiger partial charge in [-0.15, -0.1) is 0 Å². The van der Waals surface area contributed by atoms with Crippen LogP contribution in [-0.4, -0.2) is 37.2 Å². The van der Waals surface area contributed by atoms with Gasteiger partial charge in [0.1, 0.15) is 18.0 Å². The maximum absolute atomic E-state index is 12.5. The van der Waals surface area contributed by atoms with Crippen LogP contribution in [0.4, 0.5) is 5.69 Å². The number of Topliss-reactive ketones (excluding diaryl/α,β-unsaturated/α-hetero) is 1. The molecular formula is C24H31NO4. The van der Waals surface area contributed by atoms with E-state index in [1.54, 1.807) is 0 Å². The summed E-state index contributed by atoms with van der Waals surface area (Å²) in [5.74, 6) is 1.10. The molecule has 5 heteroatoms. The molecule has 0 spiro atoms. The molecule has 1 heterocycles. The number of allylic oxidation sites excluding steroid dienone is 3. The van der Waals surface area contributed by atoms with Crippen molar-refractivity contribution in [1.82, 2.24) is 0 Å². The van der Waals surface area contributed by atoms with Gasteiger partial charge in [-0.3, -0.25) is 4.79 Å². The summed E-state index contributed by atoms with van der Waals surface area (Å²) in [6.07, 6.45) is 4.99. The largest absolute Gasteiger partial charge is 0.487 e. The predicted octanol–water partition coefficient (Wildman–Crippen LogP) is 4.94. The van der Waals surface area contributed by atoms with Crippen molar-refractivity contribution < 1.29 is 19.1 Å². The number of aliphatic hydroxyl groups is 1. The Morgan fingerprint density at radius 1 is 1.17 bits per heavy atom. The first kappa shape index (κ1) is 21.2. The number of carbonyl (C=O) groups excluding carboxylic acids is 1. The van der Waals surface area contributed by atoms with Crippen molar-refractivity contribution in [3.05, 3.63) is 47.4 Å². The second-order valence-electron chi connectivity index (χ2n) is 8.24. The van der Waals surface area contributed by atoms with Gasteiger partial charge in [-0.2, -0.15) is 0 Å². The van der Waals surface area contributed by atoms with Crippen LogP contribution >= 0.6 is 0 Å². The number of anilines is 1. The zero-order valence-electron chi connectivity index (χ0n) is 17.8. The second kappa shape index (κ2) is 8.87. The van der Waals surface area contributed by atoms with Gasteiger partial charge in [0.2, 0.25) is 0 Å². The Kier molecular flexibility index (Phi) is 6.48. The zero-order chi connectivity index (χ0) is 21.0. The van der Waals surface area contributed by atoms with Gasteiger partial charge in [-0.25, -0.2) is 0 Å². The lowest BCUT2D eigenvalue weighted by molar-refractivity contribution is -0.121. The molecule has 0 bridgehead atoms. The van der Waals surface area contributed by atoms with E-state index >= 15 is 0 Å². The summed E-state index contributed by atoms with van der Waals surface area (Å²) in [5, 5.41) is 10.1. The molecule has 1 aliphatic carbocycles. The van der Waals surface area contributed by atoms with Gasteiger partial charge in [0.25, 0.3) is 0 Å². The number of aliphatic hydroxyl groups excluding tert-OH is 1. The van der Waals surface area contributed by atoms with E-state index in [2.05, 4.69) is 50.8 Å². The molecule has 0 saturated carbocycles. The average molecular weight is 398 g/mol. The first-order valence-corrected chi connectivity index (χ1v) is 10.3. The van der Waals surface area contributed by atoms with Gasteiger partial charge in [0.05, 0.1) is 6.61 Å². The maximum atomic E-state index is 12.5. The van der Waals surface area contributed by atoms with E-state index in [-0.39, 0.29) is 24.4 Å². The lowest BCUT2D eigenvalue weighted by Crippen LogP contribution is -2.27. The summed E-state index contributed by atoms with van der Waals surface area (Å²) >= 11 is 0. The minimum Gasteiger partial charge on any atom is -0.487 e. The number of fused-ring (bicyclic) bond motifs is 1. The Labute approximate surface area is 172 Å². The first-order chi connectivity index (χ1) is 13.9. The molecule has 0 atom stereocenters. The van der Waals surface area contributed by atoms with Gasteiger partial charge in [0.15, 0.2) is 11.5 Å². The van der Waals surface area contributed by atoms with Crippen molar-refractivity contribution in [2.75, 3.05) is 31.2 Å². The van der Waals surface area contributed by atoms with Crippen molar-refractivity contribution in [2.45, 2.75) is 40.5 Å². The van der Waals surface area contributed by atoms with Crippen LogP contribution < -0.4 is 4.90 Å². The van der Waals surface area contributed by atoms with Crippen LogP contribution in [0.3, 0.4) is 0 Å². The van der Waals surface area contributed by atoms with Crippen LogP contribution in [-0.2, 0) is 9.53 Å². The Morgan fingerprint density at radius 2 is 1.93 bits per heavy atom. The Balaban J connectivity index is 1.90. The van der Waals surface area contributed by atoms with E-state index in [4.69, 9.17) is 14.3 Å². The highest BCUT2D eigenvalue weighted by Crippen LogP contribution is 2.38. The van der Waals surface area contributed by atoms with Crippen LogP contribution in [0.1, 0.15) is 46.3 Å². The minimum atomic E-state index is -0.116. The van der Waals surface area contributed by atoms with E-state index in [1.165, 1.54) is 0 Å². The molecule has 0 saturated heterocycles. The minimum absolute atomic E-state index is 0.0113. The number of benzene rings is 1. The number of carbonyl (C=O) groups is 1. The van der Waals surface area contributed by atoms with Gasteiger partial charge in [0, 0.05) is 36.7 Å². The normalized spacial score (nSPS) is 16.8. The number of hydrogen-bond acceptors (Lipinski definition) is 5. The highest BCUT2D eigenvalue weighted by Gasteiger charge is 2.33. The molecule has 156 valence electrons. The Bertz CT molecular complexity index is 932. The third-order valence-corrected chi connectivity index (χ3v) is 5.29. The third-order valence-electron chi connectivity index (χ3n) is 5.29. The fraction of sp³-hybridized carbons (Fsp3) is 0.458. The Hall–Kier alpha value is -2.53.